The van der Waals surface area contributed by atoms with Gasteiger partial charge in [0.25, 0.3) is 5.91 Å². The number of benzene rings is 3. The minimum absolute atomic E-state index is 0.139. The van der Waals surface area contributed by atoms with Gasteiger partial charge in [0, 0.05) is 22.0 Å². The average Bonchev–Trinajstić information content (AvgIpc) is 3.58. The van der Waals surface area contributed by atoms with Gasteiger partial charge in [-0.05, 0) is 71.6 Å². The molecule has 0 unspecified atom stereocenters. The van der Waals surface area contributed by atoms with Crippen LogP contribution in [0.2, 0.25) is 5.02 Å². The van der Waals surface area contributed by atoms with Gasteiger partial charge in [0.05, 0.1) is 12.0 Å². The second kappa shape index (κ2) is 11.1. The summed E-state index contributed by atoms with van der Waals surface area (Å²) in [6, 6.07) is 26.7. The molecule has 0 spiro atoms. The first-order valence-electron chi connectivity index (χ1n) is 11.9. The molecule has 0 aliphatic rings. The molecule has 0 fully saturated rings. The normalized spacial score (nSPS) is 11.1. The molecular formula is C29H25ClN4O2S. The molecule has 8 heteroatoms. The number of amides is 1. The Bertz CT molecular complexity index is 1490. The number of nitrogens with zero attached hydrogens (tertiary/aromatic N) is 3. The van der Waals surface area contributed by atoms with Crippen LogP contribution in [-0.2, 0) is 5.75 Å². The number of halogens is 1. The maximum atomic E-state index is 12.7. The van der Waals surface area contributed by atoms with Gasteiger partial charge in [0.15, 0.2) is 10.9 Å². The van der Waals surface area contributed by atoms with E-state index in [0.717, 1.165) is 16.9 Å². The van der Waals surface area contributed by atoms with E-state index < -0.39 is 0 Å². The van der Waals surface area contributed by atoms with Gasteiger partial charge in [-0.1, -0.05) is 67.5 Å². The number of anilines is 1. The first kappa shape index (κ1) is 24.9. The van der Waals surface area contributed by atoms with Crippen molar-refractivity contribution in [2.75, 3.05) is 5.32 Å². The van der Waals surface area contributed by atoms with Gasteiger partial charge < -0.3 is 9.73 Å². The Morgan fingerprint density at radius 2 is 1.78 bits per heavy atom. The first-order valence-corrected chi connectivity index (χ1v) is 13.2. The van der Waals surface area contributed by atoms with Crippen molar-refractivity contribution in [2.24, 2.45) is 0 Å². The fourth-order valence-corrected chi connectivity index (χ4v) is 4.92. The van der Waals surface area contributed by atoms with Gasteiger partial charge in [-0.3, -0.25) is 9.36 Å². The van der Waals surface area contributed by atoms with Gasteiger partial charge in [-0.2, -0.15) is 0 Å². The van der Waals surface area contributed by atoms with Crippen LogP contribution in [0.5, 0.6) is 0 Å². The maximum absolute atomic E-state index is 12.7. The highest BCUT2D eigenvalue weighted by Gasteiger charge is 2.18. The SMILES string of the molecule is CC(C)c1ccc(NC(=O)c2ccc(CSc3nnc(-c4ccco4)n3-c3cccc(Cl)c3)cc2)cc1. The number of aromatic nitrogens is 3. The molecule has 2 heterocycles. The quantitative estimate of drug-likeness (QED) is 0.208. The van der Waals surface area contributed by atoms with Crippen LogP contribution < -0.4 is 5.32 Å². The summed E-state index contributed by atoms with van der Waals surface area (Å²) in [5.41, 5.74) is 4.52. The largest absolute Gasteiger partial charge is 0.461 e. The van der Waals surface area contributed by atoms with E-state index in [2.05, 4.69) is 29.4 Å². The fraction of sp³-hybridized carbons (Fsp3) is 0.138. The number of carbonyl (C=O) groups excluding carboxylic acids is 1. The van der Waals surface area contributed by atoms with E-state index in [9.17, 15) is 4.79 Å². The molecule has 0 aliphatic carbocycles. The van der Waals surface area contributed by atoms with E-state index in [1.165, 1.54) is 5.56 Å². The average molecular weight is 529 g/mol. The molecule has 6 nitrogen and oxygen atoms in total. The Morgan fingerprint density at radius 3 is 2.46 bits per heavy atom. The van der Waals surface area contributed by atoms with Gasteiger partial charge in [0.1, 0.15) is 0 Å². The van der Waals surface area contributed by atoms with Crippen molar-refractivity contribution in [2.45, 2.75) is 30.7 Å². The van der Waals surface area contributed by atoms with Crippen LogP contribution in [0.1, 0.15) is 41.3 Å². The van der Waals surface area contributed by atoms with Gasteiger partial charge in [-0.25, -0.2) is 0 Å². The molecule has 0 bridgehead atoms. The molecule has 0 atom stereocenters. The molecule has 0 saturated carbocycles. The van der Waals surface area contributed by atoms with Crippen LogP contribution in [0.25, 0.3) is 17.3 Å². The molecule has 0 radical (unpaired) electrons. The molecule has 5 aromatic rings. The Hall–Kier alpha value is -3.81. The number of hydrogen-bond acceptors (Lipinski definition) is 5. The summed E-state index contributed by atoms with van der Waals surface area (Å²) in [4.78, 5) is 12.7. The van der Waals surface area contributed by atoms with E-state index in [-0.39, 0.29) is 5.91 Å². The summed E-state index contributed by atoms with van der Waals surface area (Å²) >= 11 is 7.80. The standard InChI is InChI=1S/C29H25ClN4O2S/c1-19(2)21-12-14-24(15-13-21)31-28(35)22-10-8-20(9-11-22)18-37-29-33-32-27(26-7-4-16-36-26)34(29)25-6-3-5-23(30)17-25/h3-17,19H,18H2,1-2H3,(H,31,35). The highest BCUT2D eigenvalue weighted by molar-refractivity contribution is 7.98. The molecule has 186 valence electrons. The molecule has 37 heavy (non-hydrogen) atoms. The van der Waals surface area contributed by atoms with Crippen molar-refractivity contribution in [1.82, 2.24) is 14.8 Å². The Labute approximate surface area is 224 Å². The third-order valence-corrected chi connectivity index (χ3v) is 7.10. The molecule has 0 aliphatic heterocycles. The Kier molecular flexibility index (Phi) is 7.44. The summed E-state index contributed by atoms with van der Waals surface area (Å²) in [6.45, 7) is 4.29. The molecule has 2 aromatic heterocycles. The highest BCUT2D eigenvalue weighted by atomic mass is 35.5. The predicted molar refractivity (Wildman–Crippen MR) is 149 cm³/mol. The van der Waals surface area contributed by atoms with Crippen molar-refractivity contribution in [3.05, 3.63) is 113 Å². The van der Waals surface area contributed by atoms with Crippen molar-refractivity contribution >= 4 is 35.0 Å². The molecular weight excluding hydrogens is 504 g/mol. The number of carbonyl (C=O) groups is 1. The molecule has 5 rings (SSSR count). The van der Waals surface area contributed by atoms with Crippen LogP contribution in [0, 0.1) is 0 Å². The topological polar surface area (TPSA) is 73.0 Å². The first-order chi connectivity index (χ1) is 18.0. The summed E-state index contributed by atoms with van der Waals surface area (Å²) in [7, 11) is 0. The van der Waals surface area contributed by atoms with Crippen LogP contribution >= 0.6 is 23.4 Å². The van der Waals surface area contributed by atoms with E-state index >= 15 is 0 Å². The maximum Gasteiger partial charge on any atom is 0.255 e. The lowest BCUT2D eigenvalue weighted by atomic mass is 10.0. The zero-order valence-corrected chi connectivity index (χ0v) is 22.0. The lowest BCUT2D eigenvalue weighted by molar-refractivity contribution is 0.102. The lowest BCUT2D eigenvalue weighted by Gasteiger charge is -2.10. The van der Waals surface area contributed by atoms with Gasteiger partial charge >= 0.3 is 0 Å². The second-order valence-corrected chi connectivity index (χ2v) is 10.2. The lowest BCUT2D eigenvalue weighted by Crippen LogP contribution is -2.11. The van der Waals surface area contributed by atoms with Crippen molar-refractivity contribution in [3.63, 3.8) is 0 Å². The Morgan fingerprint density at radius 1 is 1.00 bits per heavy atom. The highest BCUT2D eigenvalue weighted by Crippen LogP contribution is 2.31. The van der Waals surface area contributed by atoms with E-state index in [1.54, 1.807) is 18.0 Å². The third kappa shape index (κ3) is 5.79. The number of nitrogens with one attached hydrogen (secondary N) is 1. The van der Waals surface area contributed by atoms with Crippen LogP contribution in [0.15, 0.2) is 101 Å². The van der Waals surface area contributed by atoms with Crippen molar-refractivity contribution in [3.8, 4) is 17.3 Å². The van der Waals surface area contributed by atoms with E-state index in [4.69, 9.17) is 16.0 Å². The summed E-state index contributed by atoms with van der Waals surface area (Å²) < 4.78 is 7.51. The monoisotopic (exact) mass is 528 g/mol. The van der Waals surface area contributed by atoms with Gasteiger partial charge in [-0.15, -0.1) is 10.2 Å². The zero-order valence-electron chi connectivity index (χ0n) is 20.4. The van der Waals surface area contributed by atoms with Crippen molar-refractivity contribution < 1.29 is 9.21 Å². The van der Waals surface area contributed by atoms with Crippen LogP contribution in [0.4, 0.5) is 5.69 Å². The van der Waals surface area contributed by atoms with Crippen LogP contribution in [-0.4, -0.2) is 20.7 Å². The number of thioether (sulfide) groups is 1. The molecule has 3 aromatic carbocycles. The predicted octanol–water partition coefficient (Wildman–Crippen LogP) is 7.85. The minimum atomic E-state index is -0.139. The number of rotatable bonds is 8. The second-order valence-electron chi connectivity index (χ2n) is 8.82. The zero-order chi connectivity index (χ0) is 25.8. The van der Waals surface area contributed by atoms with E-state index in [0.29, 0.717) is 39.0 Å². The summed E-state index contributed by atoms with van der Waals surface area (Å²) in [6.07, 6.45) is 1.61. The van der Waals surface area contributed by atoms with Crippen LogP contribution in [0.3, 0.4) is 0 Å². The summed E-state index contributed by atoms with van der Waals surface area (Å²) in [5.74, 6) is 2.18. The Balaban J connectivity index is 1.29. The summed E-state index contributed by atoms with van der Waals surface area (Å²) in [5, 5.41) is 13.1. The molecule has 1 N–H and O–H groups in total. The van der Waals surface area contributed by atoms with Gasteiger partial charge in [0.2, 0.25) is 5.82 Å². The number of hydrogen-bond donors (Lipinski definition) is 1. The number of furan rings is 1. The third-order valence-electron chi connectivity index (χ3n) is 5.86. The minimum Gasteiger partial charge on any atom is -0.461 e. The molecule has 0 saturated heterocycles. The smallest absolute Gasteiger partial charge is 0.255 e. The fourth-order valence-electron chi connectivity index (χ4n) is 3.83. The molecule has 1 amide bonds. The van der Waals surface area contributed by atoms with Crippen molar-refractivity contribution in [1.29, 1.82) is 0 Å². The van der Waals surface area contributed by atoms with E-state index in [1.807, 2.05) is 89.5 Å².